The molecule has 0 atom stereocenters. The van der Waals surface area contributed by atoms with Crippen LogP contribution in [0.25, 0.3) is 10.6 Å². The molecule has 0 bridgehead atoms. The molecule has 1 aliphatic rings. The number of carbonyl (C=O) groups excluding carboxylic acids is 2. The third-order valence-corrected chi connectivity index (χ3v) is 8.72. The molecule has 11 heteroatoms. The molecule has 3 heterocycles. The van der Waals surface area contributed by atoms with Crippen molar-refractivity contribution < 1.29 is 18.0 Å². The summed E-state index contributed by atoms with van der Waals surface area (Å²) in [5.41, 5.74) is 0.536. The first-order valence-corrected chi connectivity index (χ1v) is 12.5. The summed E-state index contributed by atoms with van der Waals surface area (Å²) in [6.45, 7) is 5.84. The molecule has 0 radical (unpaired) electrons. The molecule has 0 spiro atoms. The molecule has 172 valence electrons. The second-order valence-electron chi connectivity index (χ2n) is 8.10. The highest BCUT2D eigenvalue weighted by Gasteiger charge is 2.45. The second-order valence-corrected chi connectivity index (χ2v) is 11.4. The van der Waals surface area contributed by atoms with Crippen LogP contribution in [0.5, 0.6) is 0 Å². The molecule has 0 aliphatic carbocycles. The van der Waals surface area contributed by atoms with Crippen LogP contribution in [0.3, 0.4) is 0 Å². The zero-order valence-electron chi connectivity index (χ0n) is 18.3. The van der Waals surface area contributed by atoms with Crippen molar-refractivity contribution in [2.75, 3.05) is 18.4 Å². The fourth-order valence-electron chi connectivity index (χ4n) is 3.44. The molecule has 2 aromatic heterocycles. The summed E-state index contributed by atoms with van der Waals surface area (Å²) >= 11 is 1.14. The minimum atomic E-state index is -3.61. The van der Waals surface area contributed by atoms with Gasteiger partial charge in [0.05, 0.1) is 15.5 Å². The normalized spacial score (nSPS) is 15.5. The number of imide groups is 1. The molecule has 1 fully saturated rings. The number of anilines is 1. The molecule has 3 aromatic rings. The second kappa shape index (κ2) is 8.56. The van der Waals surface area contributed by atoms with Crippen molar-refractivity contribution in [1.29, 1.82) is 0 Å². The van der Waals surface area contributed by atoms with Crippen molar-refractivity contribution in [1.82, 2.24) is 20.2 Å². The molecule has 1 aromatic carbocycles. The van der Waals surface area contributed by atoms with E-state index in [2.05, 4.69) is 20.6 Å². The number of thiophene rings is 1. The monoisotopic (exact) mass is 485 g/mol. The number of rotatable bonds is 7. The minimum Gasteiger partial charge on any atom is -0.352 e. The van der Waals surface area contributed by atoms with Crippen LogP contribution in [0.15, 0.2) is 57.8 Å². The van der Waals surface area contributed by atoms with Crippen LogP contribution in [0.1, 0.15) is 19.4 Å². The van der Waals surface area contributed by atoms with Crippen molar-refractivity contribution in [3.05, 3.63) is 54.2 Å². The molecule has 1 aliphatic heterocycles. The van der Waals surface area contributed by atoms with Gasteiger partial charge in [-0.2, -0.15) is 0 Å². The Morgan fingerprint density at radius 2 is 1.94 bits per heavy atom. The predicted octanol–water partition coefficient (Wildman–Crippen LogP) is 3.09. The average Bonchev–Trinajstić information content (AvgIpc) is 3.34. The Balaban J connectivity index is 1.47. The lowest BCUT2D eigenvalue weighted by molar-refractivity contribution is -0.125. The SMILES string of the molecule is Cc1cccc(S(=O)(=O)c2ccc(-c3ccnc(NCCN4C(=O)NC(=O)C4(C)C)n3)s2)c1. The Labute approximate surface area is 195 Å². The Bertz CT molecular complexity index is 1330. The maximum Gasteiger partial charge on any atom is 0.325 e. The Kier molecular flexibility index (Phi) is 5.93. The summed E-state index contributed by atoms with van der Waals surface area (Å²) in [7, 11) is -3.61. The van der Waals surface area contributed by atoms with Gasteiger partial charge in [0.1, 0.15) is 9.75 Å². The summed E-state index contributed by atoms with van der Waals surface area (Å²) in [5, 5.41) is 5.36. The molecule has 0 unspecified atom stereocenters. The van der Waals surface area contributed by atoms with Crippen LogP contribution in [0.2, 0.25) is 0 Å². The fraction of sp³-hybridized carbons (Fsp3) is 0.273. The van der Waals surface area contributed by atoms with Crippen LogP contribution in [0, 0.1) is 6.92 Å². The summed E-state index contributed by atoms with van der Waals surface area (Å²) in [4.78, 5) is 34.9. The Morgan fingerprint density at radius 3 is 2.64 bits per heavy atom. The zero-order chi connectivity index (χ0) is 23.8. The maximum atomic E-state index is 13.0. The lowest BCUT2D eigenvalue weighted by Gasteiger charge is -2.27. The van der Waals surface area contributed by atoms with Crippen LogP contribution in [-0.2, 0) is 14.6 Å². The third-order valence-electron chi connectivity index (χ3n) is 5.37. The molecule has 4 rings (SSSR count). The van der Waals surface area contributed by atoms with E-state index in [4.69, 9.17) is 0 Å². The van der Waals surface area contributed by atoms with Crippen LogP contribution in [0.4, 0.5) is 10.7 Å². The molecule has 3 amide bonds. The molecule has 1 saturated heterocycles. The molecular weight excluding hydrogens is 462 g/mol. The average molecular weight is 486 g/mol. The van der Waals surface area contributed by atoms with Gasteiger partial charge in [0.15, 0.2) is 0 Å². The number of sulfone groups is 1. The number of nitrogens with zero attached hydrogens (tertiary/aromatic N) is 3. The zero-order valence-corrected chi connectivity index (χ0v) is 20.0. The number of aryl methyl sites for hydroxylation is 1. The van der Waals surface area contributed by atoms with Crippen molar-refractivity contribution in [2.45, 2.75) is 35.4 Å². The first kappa shape index (κ1) is 22.9. The third kappa shape index (κ3) is 4.46. The van der Waals surface area contributed by atoms with Gasteiger partial charge in [-0.3, -0.25) is 10.1 Å². The summed E-state index contributed by atoms with van der Waals surface area (Å²) in [6, 6.07) is 11.4. The number of benzene rings is 1. The number of amides is 3. The largest absolute Gasteiger partial charge is 0.352 e. The lowest BCUT2D eigenvalue weighted by Crippen LogP contribution is -2.46. The van der Waals surface area contributed by atoms with E-state index in [1.165, 1.54) is 4.90 Å². The van der Waals surface area contributed by atoms with Crippen molar-refractivity contribution in [3.8, 4) is 10.6 Å². The van der Waals surface area contributed by atoms with E-state index in [0.717, 1.165) is 16.9 Å². The predicted molar refractivity (Wildman–Crippen MR) is 125 cm³/mol. The van der Waals surface area contributed by atoms with Gasteiger partial charge in [-0.05, 0) is 56.7 Å². The van der Waals surface area contributed by atoms with E-state index in [0.29, 0.717) is 23.1 Å². The van der Waals surface area contributed by atoms with Crippen LogP contribution in [-0.4, -0.2) is 53.9 Å². The smallest absolute Gasteiger partial charge is 0.325 e. The van der Waals surface area contributed by atoms with E-state index in [9.17, 15) is 18.0 Å². The lowest BCUT2D eigenvalue weighted by atomic mass is 10.0. The van der Waals surface area contributed by atoms with Gasteiger partial charge in [-0.15, -0.1) is 11.3 Å². The molecule has 33 heavy (non-hydrogen) atoms. The van der Waals surface area contributed by atoms with Crippen molar-refractivity contribution in [3.63, 3.8) is 0 Å². The van der Waals surface area contributed by atoms with Crippen LogP contribution >= 0.6 is 11.3 Å². The number of urea groups is 1. The highest BCUT2D eigenvalue weighted by atomic mass is 32.2. The van der Waals surface area contributed by atoms with Gasteiger partial charge >= 0.3 is 6.03 Å². The molecule has 0 saturated carbocycles. The molecule has 9 nitrogen and oxygen atoms in total. The van der Waals surface area contributed by atoms with Gasteiger partial charge in [0, 0.05) is 19.3 Å². The van der Waals surface area contributed by atoms with E-state index >= 15 is 0 Å². The number of hydrogen-bond acceptors (Lipinski definition) is 8. The van der Waals surface area contributed by atoms with Crippen molar-refractivity contribution in [2.24, 2.45) is 0 Å². The highest BCUT2D eigenvalue weighted by Crippen LogP contribution is 2.33. The fourth-order valence-corrected chi connectivity index (χ4v) is 6.22. The van der Waals surface area contributed by atoms with E-state index in [-0.39, 0.29) is 21.6 Å². The first-order chi connectivity index (χ1) is 15.6. The van der Waals surface area contributed by atoms with Gasteiger partial charge < -0.3 is 10.2 Å². The van der Waals surface area contributed by atoms with Crippen molar-refractivity contribution >= 4 is 39.1 Å². The van der Waals surface area contributed by atoms with Gasteiger partial charge in [-0.1, -0.05) is 12.1 Å². The van der Waals surface area contributed by atoms with E-state index < -0.39 is 21.4 Å². The number of hydrogen-bond donors (Lipinski definition) is 2. The van der Waals surface area contributed by atoms with E-state index in [1.807, 2.05) is 13.0 Å². The standard InChI is InChI=1S/C22H23N5O4S2/c1-14-5-4-6-15(13-14)33(30,31)18-8-7-17(32-18)16-9-10-23-20(25-16)24-11-12-27-21(29)26-19(28)22(27,2)3/h4-10,13H,11-12H2,1-3H3,(H,23,24,25)(H,26,28,29). The number of carbonyl (C=O) groups is 2. The van der Waals surface area contributed by atoms with Crippen LogP contribution < -0.4 is 10.6 Å². The number of aromatic nitrogens is 2. The quantitative estimate of drug-likeness (QED) is 0.493. The summed E-state index contributed by atoms with van der Waals surface area (Å²) in [6.07, 6.45) is 1.58. The van der Waals surface area contributed by atoms with Gasteiger partial charge in [0.2, 0.25) is 15.8 Å². The van der Waals surface area contributed by atoms with E-state index in [1.54, 1.807) is 56.4 Å². The minimum absolute atomic E-state index is 0.239. The summed E-state index contributed by atoms with van der Waals surface area (Å²) in [5.74, 6) is 0.00703. The van der Waals surface area contributed by atoms with Gasteiger partial charge in [-0.25, -0.2) is 23.2 Å². The maximum absolute atomic E-state index is 13.0. The molecule has 2 N–H and O–H groups in total. The first-order valence-electron chi connectivity index (χ1n) is 10.2. The Hall–Kier alpha value is -3.31. The highest BCUT2D eigenvalue weighted by molar-refractivity contribution is 7.93. The molecular formula is C22H23N5O4S2. The summed E-state index contributed by atoms with van der Waals surface area (Å²) < 4.78 is 26.2. The topological polar surface area (TPSA) is 121 Å². The Morgan fingerprint density at radius 1 is 1.15 bits per heavy atom. The van der Waals surface area contributed by atoms with Gasteiger partial charge in [0.25, 0.3) is 5.91 Å². The number of nitrogens with one attached hydrogen (secondary N) is 2.